The summed E-state index contributed by atoms with van der Waals surface area (Å²) in [5, 5.41) is 3.13. The number of nitrogens with zero attached hydrogens (tertiary/aromatic N) is 2. The molecule has 0 saturated carbocycles. The summed E-state index contributed by atoms with van der Waals surface area (Å²) in [7, 11) is -3.20. The van der Waals surface area contributed by atoms with Crippen LogP contribution in [0.3, 0.4) is 0 Å². The second-order valence-corrected chi connectivity index (χ2v) is 6.13. The zero-order valence-electron chi connectivity index (χ0n) is 9.44. The third-order valence-electron chi connectivity index (χ3n) is 1.96. The van der Waals surface area contributed by atoms with Crippen LogP contribution in [0.1, 0.15) is 24.2 Å². The molecular formula is C8H12F3N3O3S. The lowest BCUT2D eigenvalue weighted by Gasteiger charge is -2.04. The summed E-state index contributed by atoms with van der Waals surface area (Å²) in [5.74, 6) is -0.921. The van der Waals surface area contributed by atoms with Crippen LogP contribution < -0.4 is 5.73 Å². The lowest BCUT2D eigenvalue weighted by Crippen LogP contribution is -2.16. The van der Waals surface area contributed by atoms with E-state index in [1.165, 1.54) is 0 Å². The van der Waals surface area contributed by atoms with E-state index in [0.717, 1.165) is 6.26 Å². The molecule has 1 unspecified atom stereocenters. The Bertz CT molecular complexity index is 497. The predicted octanol–water partition coefficient (Wildman–Crippen LogP) is 0.609. The highest BCUT2D eigenvalue weighted by Gasteiger charge is 2.31. The topological polar surface area (TPSA) is 99.1 Å². The van der Waals surface area contributed by atoms with Crippen molar-refractivity contribution < 1.29 is 26.1 Å². The predicted molar refractivity (Wildman–Crippen MR) is 55.3 cm³/mol. The molecule has 0 fully saturated rings. The van der Waals surface area contributed by atoms with Crippen LogP contribution in [0, 0.1) is 0 Å². The Balaban J connectivity index is 2.62. The Morgan fingerprint density at radius 2 is 2.06 bits per heavy atom. The molecule has 0 saturated heterocycles. The minimum atomic E-state index is -4.43. The van der Waals surface area contributed by atoms with Crippen LogP contribution in [0.5, 0.6) is 0 Å². The van der Waals surface area contributed by atoms with Crippen LogP contribution in [0.25, 0.3) is 0 Å². The number of halogens is 3. The maximum absolute atomic E-state index is 12.0. The number of rotatable bonds is 5. The molecule has 6 nitrogen and oxygen atoms in total. The van der Waals surface area contributed by atoms with Gasteiger partial charge < -0.3 is 10.3 Å². The van der Waals surface area contributed by atoms with E-state index in [0.29, 0.717) is 0 Å². The molecule has 18 heavy (non-hydrogen) atoms. The Morgan fingerprint density at radius 1 is 1.44 bits per heavy atom. The Labute approximate surface area is 101 Å². The quantitative estimate of drug-likeness (QED) is 0.851. The van der Waals surface area contributed by atoms with Gasteiger partial charge in [0.15, 0.2) is 5.82 Å². The third kappa shape index (κ3) is 5.45. The zero-order valence-corrected chi connectivity index (χ0v) is 10.3. The zero-order chi connectivity index (χ0) is 14.0. The highest BCUT2D eigenvalue weighted by atomic mass is 32.2. The fourth-order valence-electron chi connectivity index (χ4n) is 1.13. The number of alkyl halides is 3. The SMILES string of the molecule is CS(=O)(=O)CCC(N)c1nc(CC(F)(F)F)no1. The highest BCUT2D eigenvalue weighted by Crippen LogP contribution is 2.21. The standard InChI is InChI=1S/C8H12F3N3O3S/c1-18(15,16)3-2-5(12)7-13-6(14-17-7)4-8(9,10)11/h5H,2-4,12H2,1H3. The van der Waals surface area contributed by atoms with Gasteiger partial charge in [-0.15, -0.1) is 0 Å². The minimum Gasteiger partial charge on any atom is -0.338 e. The van der Waals surface area contributed by atoms with Crippen molar-refractivity contribution in [1.29, 1.82) is 0 Å². The van der Waals surface area contributed by atoms with E-state index in [1.54, 1.807) is 0 Å². The first-order chi connectivity index (χ1) is 8.07. The van der Waals surface area contributed by atoms with Crippen molar-refractivity contribution in [2.45, 2.75) is 25.1 Å². The fourth-order valence-corrected chi connectivity index (χ4v) is 1.82. The van der Waals surface area contributed by atoms with Gasteiger partial charge in [-0.05, 0) is 6.42 Å². The normalized spacial score (nSPS) is 14.7. The summed E-state index contributed by atoms with van der Waals surface area (Å²) in [6, 6.07) is -0.894. The van der Waals surface area contributed by atoms with E-state index in [1.807, 2.05) is 0 Å². The molecule has 1 rings (SSSR count). The third-order valence-corrected chi connectivity index (χ3v) is 2.94. The van der Waals surface area contributed by atoms with Gasteiger partial charge in [-0.25, -0.2) is 8.42 Å². The molecule has 1 aromatic rings. The van der Waals surface area contributed by atoms with Crippen molar-refractivity contribution >= 4 is 9.84 Å². The van der Waals surface area contributed by atoms with Crippen molar-refractivity contribution in [2.24, 2.45) is 5.73 Å². The second-order valence-electron chi connectivity index (χ2n) is 3.87. The first-order valence-electron chi connectivity index (χ1n) is 4.89. The maximum atomic E-state index is 12.0. The number of aromatic nitrogens is 2. The van der Waals surface area contributed by atoms with E-state index < -0.39 is 34.3 Å². The Kier molecular flexibility index (Phi) is 4.32. The molecular weight excluding hydrogens is 275 g/mol. The van der Waals surface area contributed by atoms with Gasteiger partial charge >= 0.3 is 6.18 Å². The summed E-state index contributed by atoms with van der Waals surface area (Å²) in [5.41, 5.74) is 5.54. The molecule has 0 aliphatic rings. The number of hydrogen-bond donors (Lipinski definition) is 1. The summed E-state index contributed by atoms with van der Waals surface area (Å²) < 4.78 is 62.4. The maximum Gasteiger partial charge on any atom is 0.396 e. The number of sulfone groups is 1. The Morgan fingerprint density at radius 3 is 2.56 bits per heavy atom. The number of hydrogen-bond acceptors (Lipinski definition) is 6. The van der Waals surface area contributed by atoms with E-state index in [-0.39, 0.29) is 18.1 Å². The molecule has 104 valence electrons. The Hall–Kier alpha value is -1.16. The highest BCUT2D eigenvalue weighted by molar-refractivity contribution is 7.90. The molecule has 10 heteroatoms. The van der Waals surface area contributed by atoms with Crippen LogP contribution in [0.2, 0.25) is 0 Å². The average Bonchev–Trinajstić information content (AvgIpc) is 2.58. The van der Waals surface area contributed by atoms with Gasteiger partial charge in [0, 0.05) is 6.26 Å². The van der Waals surface area contributed by atoms with Gasteiger partial charge in [0.05, 0.1) is 11.8 Å². The van der Waals surface area contributed by atoms with Gasteiger partial charge in [-0.1, -0.05) is 5.16 Å². The summed E-state index contributed by atoms with van der Waals surface area (Å²) >= 11 is 0. The molecule has 0 amide bonds. The van der Waals surface area contributed by atoms with Crippen LogP contribution >= 0.6 is 0 Å². The average molecular weight is 287 g/mol. The van der Waals surface area contributed by atoms with Crippen LogP contribution in [0.15, 0.2) is 4.52 Å². The van der Waals surface area contributed by atoms with Crippen molar-refractivity contribution in [1.82, 2.24) is 10.1 Å². The first-order valence-corrected chi connectivity index (χ1v) is 6.95. The van der Waals surface area contributed by atoms with Crippen molar-refractivity contribution in [2.75, 3.05) is 12.0 Å². The summed E-state index contributed by atoms with van der Waals surface area (Å²) in [6.07, 6.45) is -4.71. The largest absolute Gasteiger partial charge is 0.396 e. The van der Waals surface area contributed by atoms with Crippen molar-refractivity contribution in [3.8, 4) is 0 Å². The molecule has 0 bridgehead atoms. The van der Waals surface area contributed by atoms with E-state index in [9.17, 15) is 21.6 Å². The van der Waals surface area contributed by atoms with E-state index in [2.05, 4.69) is 14.7 Å². The first kappa shape index (κ1) is 14.9. The van der Waals surface area contributed by atoms with Gasteiger partial charge in [0.1, 0.15) is 16.3 Å². The van der Waals surface area contributed by atoms with E-state index in [4.69, 9.17) is 5.73 Å². The molecule has 0 radical (unpaired) electrons. The van der Waals surface area contributed by atoms with E-state index >= 15 is 0 Å². The minimum absolute atomic E-state index is 0.00643. The van der Waals surface area contributed by atoms with Gasteiger partial charge in [0.25, 0.3) is 0 Å². The smallest absolute Gasteiger partial charge is 0.338 e. The van der Waals surface area contributed by atoms with Crippen molar-refractivity contribution in [3.05, 3.63) is 11.7 Å². The molecule has 1 atom stereocenters. The molecule has 0 aliphatic heterocycles. The van der Waals surface area contributed by atoms with Crippen LogP contribution in [-0.2, 0) is 16.3 Å². The summed E-state index contributed by atoms with van der Waals surface area (Å²) in [4.78, 5) is 3.48. The number of nitrogens with two attached hydrogens (primary N) is 1. The van der Waals surface area contributed by atoms with Crippen LogP contribution in [0.4, 0.5) is 13.2 Å². The summed E-state index contributed by atoms with van der Waals surface area (Å²) in [6.45, 7) is 0. The molecule has 0 spiro atoms. The molecule has 2 N–H and O–H groups in total. The van der Waals surface area contributed by atoms with Gasteiger partial charge in [-0.3, -0.25) is 0 Å². The van der Waals surface area contributed by atoms with Crippen molar-refractivity contribution in [3.63, 3.8) is 0 Å². The monoisotopic (exact) mass is 287 g/mol. The van der Waals surface area contributed by atoms with Crippen LogP contribution in [-0.4, -0.2) is 36.7 Å². The molecule has 0 aromatic carbocycles. The molecule has 1 aromatic heterocycles. The lowest BCUT2D eigenvalue weighted by molar-refractivity contribution is -0.128. The molecule has 1 heterocycles. The fraction of sp³-hybridized carbons (Fsp3) is 0.750. The second kappa shape index (κ2) is 5.22. The molecule has 0 aliphatic carbocycles. The van der Waals surface area contributed by atoms with Gasteiger partial charge in [0.2, 0.25) is 5.89 Å². The van der Waals surface area contributed by atoms with Gasteiger partial charge in [-0.2, -0.15) is 18.2 Å². The lowest BCUT2D eigenvalue weighted by atomic mass is 10.2.